The predicted molar refractivity (Wildman–Crippen MR) is 94.3 cm³/mol. The molecule has 2 aromatic rings. The summed E-state index contributed by atoms with van der Waals surface area (Å²) in [5, 5.41) is 3.06. The van der Waals surface area contributed by atoms with Gasteiger partial charge in [-0.3, -0.25) is 4.79 Å². The Hall–Kier alpha value is -1.74. The van der Waals surface area contributed by atoms with E-state index < -0.39 is 0 Å². The van der Waals surface area contributed by atoms with Gasteiger partial charge in [0.1, 0.15) is 0 Å². The van der Waals surface area contributed by atoms with E-state index in [4.69, 9.17) is 0 Å². The molecule has 3 heteroatoms. The summed E-state index contributed by atoms with van der Waals surface area (Å²) in [6.07, 6.45) is 0. The van der Waals surface area contributed by atoms with Crippen LogP contribution in [0.1, 0.15) is 43.9 Å². The first-order valence-electron chi connectivity index (χ1n) is 7.63. The van der Waals surface area contributed by atoms with Crippen LogP contribution in [-0.2, 0) is 4.79 Å². The summed E-state index contributed by atoms with van der Waals surface area (Å²) in [6.45, 7) is 6.39. The fourth-order valence-electron chi connectivity index (χ4n) is 2.20. The van der Waals surface area contributed by atoms with E-state index in [2.05, 4.69) is 43.4 Å². The molecule has 0 bridgehead atoms. The summed E-state index contributed by atoms with van der Waals surface area (Å²) in [5.74, 6) is 1.04. The molecule has 0 radical (unpaired) electrons. The highest BCUT2D eigenvalue weighted by Crippen LogP contribution is 2.20. The SMILES string of the molecule is CC(C)c1ccc(C(C)NC(=O)CSc2ccccc2)cc1. The standard InChI is InChI=1S/C19H23NOS/c1-14(2)16-9-11-17(12-10-16)15(3)20-19(21)13-22-18-7-5-4-6-8-18/h4-12,14-15H,13H2,1-3H3,(H,20,21). The van der Waals surface area contributed by atoms with Crippen molar-refractivity contribution in [1.82, 2.24) is 5.32 Å². The Kier molecular flexibility index (Phi) is 6.08. The van der Waals surface area contributed by atoms with Crippen molar-refractivity contribution in [2.45, 2.75) is 37.6 Å². The van der Waals surface area contributed by atoms with Gasteiger partial charge in [-0.1, -0.05) is 56.3 Å². The molecule has 0 aliphatic heterocycles. The number of hydrogen-bond donors (Lipinski definition) is 1. The lowest BCUT2D eigenvalue weighted by atomic mass is 10.00. The van der Waals surface area contributed by atoms with E-state index >= 15 is 0 Å². The Balaban J connectivity index is 1.85. The third-order valence-corrected chi connectivity index (χ3v) is 4.61. The number of benzene rings is 2. The first kappa shape index (κ1) is 16.6. The van der Waals surface area contributed by atoms with Gasteiger partial charge in [0.25, 0.3) is 0 Å². The summed E-state index contributed by atoms with van der Waals surface area (Å²) < 4.78 is 0. The lowest BCUT2D eigenvalue weighted by Crippen LogP contribution is -2.28. The maximum atomic E-state index is 12.0. The lowest BCUT2D eigenvalue weighted by molar-refractivity contribution is -0.119. The van der Waals surface area contributed by atoms with Gasteiger partial charge >= 0.3 is 0 Å². The van der Waals surface area contributed by atoms with Gasteiger partial charge in [-0.15, -0.1) is 11.8 Å². The molecule has 0 spiro atoms. The molecule has 0 aromatic heterocycles. The van der Waals surface area contributed by atoms with Crippen molar-refractivity contribution >= 4 is 17.7 Å². The minimum absolute atomic E-state index is 0.0325. The van der Waals surface area contributed by atoms with Crippen molar-refractivity contribution in [1.29, 1.82) is 0 Å². The van der Waals surface area contributed by atoms with Gasteiger partial charge < -0.3 is 5.32 Å². The molecule has 0 aliphatic rings. The van der Waals surface area contributed by atoms with E-state index in [1.165, 1.54) is 5.56 Å². The second-order valence-electron chi connectivity index (χ2n) is 5.71. The number of rotatable bonds is 6. The van der Waals surface area contributed by atoms with Gasteiger partial charge in [0.05, 0.1) is 11.8 Å². The van der Waals surface area contributed by atoms with E-state index in [0.717, 1.165) is 10.5 Å². The summed E-state index contributed by atoms with van der Waals surface area (Å²) in [5.41, 5.74) is 2.46. The van der Waals surface area contributed by atoms with Crippen LogP contribution in [-0.4, -0.2) is 11.7 Å². The molecule has 0 aliphatic carbocycles. The maximum absolute atomic E-state index is 12.0. The van der Waals surface area contributed by atoms with Crippen molar-refractivity contribution < 1.29 is 4.79 Å². The van der Waals surface area contributed by atoms with Crippen molar-refractivity contribution in [3.05, 3.63) is 65.7 Å². The largest absolute Gasteiger partial charge is 0.349 e. The highest BCUT2D eigenvalue weighted by molar-refractivity contribution is 8.00. The van der Waals surface area contributed by atoms with Gasteiger partial charge in [0, 0.05) is 4.90 Å². The molecule has 2 nitrogen and oxygen atoms in total. The molecule has 1 amide bonds. The van der Waals surface area contributed by atoms with Gasteiger partial charge in [-0.25, -0.2) is 0 Å². The molecular formula is C19H23NOS. The normalized spacial score (nSPS) is 12.2. The minimum Gasteiger partial charge on any atom is -0.349 e. The van der Waals surface area contributed by atoms with Crippen LogP contribution in [0.15, 0.2) is 59.5 Å². The second kappa shape index (κ2) is 8.04. The highest BCUT2D eigenvalue weighted by Gasteiger charge is 2.10. The van der Waals surface area contributed by atoms with E-state index in [9.17, 15) is 4.79 Å². The van der Waals surface area contributed by atoms with Crippen molar-refractivity contribution in [3.63, 3.8) is 0 Å². The summed E-state index contributed by atoms with van der Waals surface area (Å²) in [7, 11) is 0. The molecule has 116 valence electrons. The number of thioether (sulfide) groups is 1. The number of carbonyl (C=O) groups is 1. The van der Waals surface area contributed by atoms with Crippen molar-refractivity contribution in [3.8, 4) is 0 Å². The molecule has 2 rings (SSSR count). The molecule has 0 fully saturated rings. The Morgan fingerprint density at radius 2 is 1.55 bits per heavy atom. The monoisotopic (exact) mass is 313 g/mol. The number of amides is 1. The van der Waals surface area contributed by atoms with Crippen LogP contribution in [0.4, 0.5) is 0 Å². The number of carbonyl (C=O) groups excluding carboxylic acids is 1. The zero-order chi connectivity index (χ0) is 15.9. The lowest BCUT2D eigenvalue weighted by Gasteiger charge is -2.15. The Morgan fingerprint density at radius 1 is 0.955 bits per heavy atom. The van der Waals surface area contributed by atoms with Gasteiger partial charge in [0.2, 0.25) is 5.91 Å². The van der Waals surface area contributed by atoms with Crippen molar-refractivity contribution in [2.75, 3.05) is 5.75 Å². The zero-order valence-corrected chi connectivity index (χ0v) is 14.2. The second-order valence-corrected chi connectivity index (χ2v) is 6.76. The van der Waals surface area contributed by atoms with Gasteiger partial charge in [-0.2, -0.15) is 0 Å². The average Bonchev–Trinajstić information content (AvgIpc) is 2.54. The molecule has 1 N–H and O–H groups in total. The summed E-state index contributed by atoms with van der Waals surface area (Å²) >= 11 is 1.56. The average molecular weight is 313 g/mol. The van der Waals surface area contributed by atoms with Crippen molar-refractivity contribution in [2.24, 2.45) is 0 Å². The smallest absolute Gasteiger partial charge is 0.230 e. The van der Waals surface area contributed by atoms with Crippen LogP contribution in [0.25, 0.3) is 0 Å². The fraction of sp³-hybridized carbons (Fsp3) is 0.316. The molecule has 0 saturated heterocycles. The Labute approximate surface area is 137 Å². The van der Waals surface area contributed by atoms with Gasteiger partial charge in [-0.05, 0) is 36.1 Å². The van der Waals surface area contributed by atoms with Crippen LogP contribution in [0.3, 0.4) is 0 Å². The van der Waals surface area contributed by atoms with Crippen LogP contribution >= 0.6 is 11.8 Å². The molecule has 22 heavy (non-hydrogen) atoms. The third-order valence-electron chi connectivity index (χ3n) is 3.59. The van der Waals surface area contributed by atoms with E-state index in [1.807, 2.05) is 37.3 Å². The predicted octanol–water partition coefficient (Wildman–Crippen LogP) is 4.78. The maximum Gasteiger partial charge on any atom is 0.230 e. The molecule has 0 heterocycles. The van der Waals surface area contributed by atoms with E-state index in [1.54, 1.807) is 11.8 Å². The molecular weight excluding hydrogens is 290 g/mol. The van der Waals surface area contributed by atoms with E-state index in [0.29, 0.717) is 11.7 Å². The molecule has 1 unspecified atom stereocenters. The Bertz CT molecular complexity index is 593. The third kappa shape index (κ3) is 4.92. The Morgan fingerprint density at radius 3 is 2.14 bits per heavy atom. The van der Waals surface area contributed by atoms with E-state index in [-0.39, 0.29) is 11.9 Å². The summed E-state index contributed by atoms with van der Waals surface area (Å²) in [6, 6.07) is 18.5. The quantitative estimate of drug-likeness (QED) is 0.778. The van der Waals surface area contributed by atoms with Crippen LogP contribution in [0.5, 0.6) is 0 Å². The first-order chi connectivity index (χ1) is 10.6. The topological polar surface area (TPSA) is 29.1 Å². The number of nitrogens with one attached hydrogen (secondary N) is 1. The van der Waals surface area contributed by atoms with Gasteiger partial charge in [0.15, 0.2) is 0 Å². The first-order valence-corrected chi connectivity index (χ1v) is 8.62. The zero-order valence-electron chi connectivity index (χ0n) is 13.4. The molecule has 1 atom stereocenters. The summed E-state index contributed by atoms with van der Waals surface area (Å²) in [4.78, 5) is 13.2. The molecule has 0 saturated carbocycles. The fourth-order valence-corrected chi connectivity index (χ4v) is 2.93. The van der Waals surface area contributed by atoms with Crippen LogP contribution in [0, 0.1) is 0 Å². The number of hydrogen-bond acceptors (Lipinski definition) is 2. The molecule has 2 aromatic carbocycles. The van der Waals surface area contributed by atoms with Crippen LogP contribution < -0.4 is 5.32 Å². The minimum atomic E-state index is 0.0325. The highest BCUT2D eigenvalue weighted by atomic mass is 32.2. The van der Waals surface area contributed by atoms with Crippen LogP contribution in [0.2, 0.25) is 0 Å².